The minimum Gasteiger partial charge on any atom is -0.300 e. The monoisotopic (exact) mass is 215 g/mol. The van der Waals surface area contributed by atoms with Crippen molar-refractivity contribution in [1.82, 2.24) is 5.09 Å². The highest BCUT2D eigenvalue weighted by molar-refractivity contribution is 7.51. The molecule has 0 fully saturated rings. The second-order valence-corrected chi connectivity index (χ2v) is 4.72. The van der Waals surface area contributed by atoms with E-state index in [2.05, 4.69) is 5.09 Å². The van der Waals surface area contributed by atoms with Gasteiger partial charge in [-0.05, 0) is 5.56 Å². The first-order valence-electron chi connectivity index (χ1n) is 4.21. The summed E-state index contributed by atoms with van der Waals surface area (Å²) in [5.74, 6) is 0. The van der Waals surface area contributed by atoms with Gasteiger partial charge in [0, 0.05) is 20.8 Å². The zero-order chi connectivity index (χ0) is 10.4. The van der Waals surface area contributed by atoms with Crippen molar-refractivity contribution in [2.45, 2.75) is 6.54 Å². The molecular formula is C9H14NO3P. The molecule has 0 saturated carbocycles. The number of hydrogen-bond donors (Lipinski definition) is 1. The van der Waals surface area contributed by atoms with E-state index in [1.54, 1.807) is 0 Å². The third-order valence-electron chi connectivity index (χ3n) is 1.80. The lowest BCUT2D eigenvalue weighted by Crippen LogP contribution is -2.12. The Hall–Kier alpha value is -0.670. The molecule has 0 radical (unpaired) electrons. The number of rotatable bonds is 5. The molecule has 0 spiro atoms. The standard InChI is InChI=1S/C9H14NO3P/c1-12-14(11,13-2)10-8-9-6-4-3-5-7-9/h3-7H,8H2,1-2H3,(H,10,11). The van der Waals surface area contributed by atoms with Crippen LogP contribution in [-0.4, -0.2) is 14.2 Å². The Kier molecular flexibility index (Phi) is 4.29. The number of nitrogens with one attached hydrogen (secondary N) is 1. The van der Waals surface area contributed by atoms with Gasteiger partial charge in [0.1, 0.15) is 0 Å². The molecule has 1 aromatic carbocycles. The molecule has 0 amide bonds. The second-order valence-electron chi connectivity index (χ2n) is 2.68. The van der Waals surface area contributed by atoms with Crippen molar-refractivity contribution in [2.24, 2.45) is 0 Å². The fourth-order valence-corrected chi connectivity index (χ4v) is 1.77. The van der Waals surface area contributed by atoms with Crippen molar-refractivity contribution >= 4 is 7.75 Å². The lowest BCUT2D eigenvalue weighted by atomic mass is 10.2. The SMILES string of the molecule is COP(=O)(NCc1ccccc1)OC. The van der Waals surface area contributed by atoms with Crippen molar-refractivity contribution in [3.05, 3.63) is 35.9 Å². The quantitative estimate of drug-likeness (QED) is 0.765. The largest absolute Gasteiger partial charge is 0.405 e. The van der Waals surface area contributed by atoms with Crippen LogP contribution in [0.25, 0.3) is 0 Å². The van der Waals surface area contributed by atoms with Gasteiger partial charge in [0.05, 0.1) is 0 Å². The van der Waals surface area contributed by atoms with E-state index in [1.807, 2.05) is 30.3 Å². The van der Waals surface area contributed by atoms with Crippen molar-refractivity contribution in [3.63, 3.8) is 0 Å². The Morgan fingerprint density at radius 3 is 2.29 bits per heavy atom. The van der Waals surface area contributed by atoms with E-state index in [-0.39, 0.29) is 0 Å². The van der Waals surface area contributed by atoms with Crippen LogP contribution >= 0.6 is 7.75 Å². The second kappa shape index (κ2) is 5.27. The number of benzene rings is 1. The van der Waals surface area contributed by atoms with Crippen molar-refractivity contribution in [1.29, 1.82) is 0 Å². The molecule has 0 unspecified atom stereocenters. The summed E-state index contributed by atoms with van der Waals surface area (Å²) in [4.78, 5) is 0. The Labute approximate surface area is 83.8 Å². The van der Waals surface area contributed by atoms with Crippen LogP contribution in [0.15, 0.2) is 30.3 Å². The minimum absolute atomic E-state index is 0.458. The zero-order valence-electron chi connectivity index (χ0n) is 8.27. The van der Waals surface area contributed by atoms with E-state index in [0.717, 1.165) is 5.56 Å². The van der Waals surface area contributed by atoms with E-state index in [9.17, 15) is 4.57 Å². The molecule has 0 saturated heterocycles. The molecule has 0 aliphatic carbocycles. The van der Waals surface area contributed by atoms with Crippen LogP contribution in [-0.2, 0) is 20.2 Å². The highest BCUT2D eigenvalue weighted by Gasteiger charge is 2.19. The topological polar surface area (TPSA) is 47.6 Å². The van der Waals surface area contributed by atoms with Crippen molar-refractivity contribution in [2.75, 3.05) is 14.2 Å². The molecule has 78 valence electrons. The predicted octanol–water partition coefficient (Wildman–Crippen LogP) is 2.18. The summed E-state index contributed by atoms with van der Waals surface area (Å²) in [6.45, 7) is 0.458. The highest BCUT2D eigenvalue weighted by Crippen LogP contribution is 2.41. The molecule has 4 nitrogen and oxygen atoms in total. The fraction of sp³-hybridized carbons (Fsp3) is 0.333. The van der Waals surface area contributed by atoms with Gasteiger partial charge < -0.3 is 9.05 Å². The van der Waals surface area contributed by atoms with Crippen LogP contribution in [0.3, 0.4) is 0 Å². The zero-order valence-corrected chi connectivity index (χ0v) is 9.16. The lowest BCUT2D eigenvalue weighted by Gasteiger charge is -2.14. The van der Waals surface area contributed by atoms with Crippen molar-refractivity contribution < 1.29 is 13.6 Å². The fourth-order valence-electron chi connectivity index (χ4n) is 0.988. The molecule has 0 atom stereocenters. The van der Waals surface area contributed by atoms with Gasteiger partial charge in [0.2, 0.25) is 0 Å². The molecule has 1 aromatic rings. The maximum atomic E-state index is 11.6. The lowest BCUT2D eigenvalue weighted by molar-refractivity contribution is 0.264. The van der Waals surface area contributed by atoms with Crippen LogP contribution < -0.4 is 5.09 Å². The molecule has 1 N–H and O–H groups in total. The maximum absolute atomic E-state index is 11.6. The molecule has 0 aliphatic rings. The molecule has 1 rings (SSSR count). The third-order valence-corrected chi connectivity index (χ3v) is 3.31. The third kappa shape index (κ3) is 3.24. The van der Waals surface area contributed by atoms with Crippen LogP contribution in [0.1, 0.15) is 5.56 Å². The maximum Gasteiger partial charge on any atom is 0.405 e. The van der Waals surface area contributed by atoms with Crippen LogP contribution in [0.4, 0.5) is 0 Å². The molecule has 0 aliphatic heterocycles. The summed E-state index contributed by atoms with van der Waals surface area (Å²) < 4.78 is 21.0. The molecule has 5 heteroatoms. The smallest absolute Gasteiger partial charge is 0.300 e. The Bertz CT molecular complexity index is 307. The predicted molar refractivity (Wildman–Crippen MR) is 54.9 cm³/mol. The van der Waals surface area contributed by atoms with E-state index in [4.69, 9.17) is 9.05 Å². The van der Waals surface area contributed by atoms with Crippen LogP contribution in [0, 0.1) is 0 Å². The minimum atomic E-state index is -3.10. The van der Waals surface area contributed by atoms with Gasteiger partial charge in [-0.25, -0.2) is 9.65 Å². The summed E-state index contributed by atoms with van der Waals surface area (Å²) in [5, 5.41) is 2.72. The van der Waals surface area contributed by atoms with E-state index >= 15 is 0 Å². The molecule has 0 bridgehead atoms. The summed E-state index contributed by atoms with van der Waals surface area (Å²) in [6, 6.07) is 9.63. The Balaban J connectivity index is 2.52. The summed E-state index contributed by atoms with van der Waals surface area (Å²) in [6.07, 6.45) is 0. The molecule has 0 heterocycles. The van der Waals surface area contributed by atoms with Crippen LogP contribution in [0.2, 0.25) is 0 Å². The first-order valence-corrected chi connectivity index (χ1v) is 5.75. The normalized spacial score (nSPS) is 11.6. The summed E-state index contributed by atoms with van der Waals surface area (Å²) in [5.41, 5.74) is 1.03. The van der Waals surface area contributed by atoms with Gasteiger partial charge in [0.15, 0.2) is 0 Å². The highest BCUT2D eigenvalue weighted by atomic mass is 31.2. The van der Waals surface area contributed by atoms with E-state index in [0.29, 0.717) is 6.54 Å². The Morgan fingerprint density at radius 1 is 1.21 bits per heavy atom. The molecule has 14 heavy (non-hydrogen) atoms. The molecule has 0 aromatic heterocycles. The van der Waals surface area contributed by atoms with E-state index < -0.39 is 7.75 Å². The van der Waals surface area contributed by atoms with E-state index in [1.165, 1.54) is 14.2 Å². The first-order chi connectivity index (χ1) is 6.70. The molecular weight excluding hydrogens is 201 g/mol. The Morgan fingerprint density at radius 2 is 1.79 bits per heavy atom. The van der Waals surface area contributed by atoms with Gasteiger partial charge in [0.25, 0.3) is 0 Å². The van der Waals surface area contributed by atoms with Crippen molar-refractivity contribution in [3.8, 4) is 0 Å². The average Bonchev–Trinajstić information content (AvgIpc) is 2.27. The van der Waals surface area contributed by atoms with Gasteiger partial charge >= 0.3 is 7.75 Å². The number of hydrogen-bond acceptors (Lipinski definition) is 3. The van der Waals surface area contributed by atoms with Gasteiger partial charge in [-0.2, -0.15) is 0 Å². The summed E-state index contributed by atoms with van der Waals surface area (Å²) in [7, 11) is -0.398. The van der Waals surface area contributed by atoms with Crippen LogP contribution in [0.5, 0.6) is 0 Å². The van der Waals surface area contributed by atoms with Gasteiger partial charge in [-0.15, -0.1) is 0 Å². The van der Waals surface area contributed by atoms with Gasteiger partial charge in [-0.3, -0.25) is 0 Å². The average molecular weight is 215 g/mol. The summed E-state index contributed by atoms with van der Waals surface area (Å²) >= 11 is 0. The first kappa shape index (κ1) is 11.4. The van der Waals surface area contributed by atoms with Gasteiger partial charge in [-0.1, -0.05) is 30.3 Å².